The molecule has 0 bridgehead atoms. The van der Waals surface area contributed by atoms with Crippen molar-refractivity contribution < 1.29 is 29.3 Å². The molecule has 1 heterocycles. The van der Waals surface area contributed by atoms with E-state index in [-0.39, 0.29) is 17.0 Å². The second-order valence-electron chi connectivity index (χ2n) is 3.20. The molecule has 0 fully saturated rings. The Balaban J connectivity index is 2.62. The fraction of sp³-hybridized carbons (Fsp3) is 0. The number of fused-ring (bicyclic) bond motifs is 1. The molecular weight excluding hydrogens is 242 g/mol. The predicted molar refractivity (Wildman–Crippen MR) is 59.0 cm³/mol. The van der Waals surface area contributed by atoms with Gasteiger partial charge in [0.1, 0.15) is 5.52 Å². The second-order valence-corrected chi connectivity index (χ2v) is 3.20. The number of ether oxygens (including phenoxy) is 2. The van der Waals surface area contributed by atoms with Crippen LogP contribution in [0, 0.1) is 0 Å². The molecule has 0 aliphatic heterocycles. The first-order valence-corrected chi connectivity index (χ1v) is 4.77. The van der Waals surface area contributed by atoms with Gasteiger partial charge in [0.25, 0.3) is 0 Å². The van der Waals surface area contributed by atoms with E-state index in [2.05, 4.69) is 14.5 Å². The van der Waals surface area contributed by atoms with E-state index >= 15 is 0 Å². The highest BCUT2D eigenvalue weighted by Crippen LogP contribution is 2.34. The van der Waals surface area contributed by atoms with Gasteiger partial charge in [-0.2, -0.15) is 0 Å². The number of rotatable bonds is 2. The minimum absolute atomic E-state index is 0.207. The van der Waals surface area contributed by atoms with Gasteiger partial charge in [0.15, 0.2) is 5.75 Å². The molecule has 1 aromatic carbocycles. The molecule has 0 saturated carbocycles. The van der Waals surface area contributed by atoms with Crippen molar-refractivity contribution in [3.05, 3.63) is 30.5 Å². The van der Waals surface area contributed by atoms with Crippen molar-refractivity contribution in [2.24, 2.45) is 0 Å². The zero-order valence-electron chi connectivity index (χ0n) is 8.86. The van der Waals surface area contributed by atoms with Crippen LogP contribution in [0.3, 0.4) is 0 Å². The minimum atomic E-state index is -1.58. The maximum absolute atomic E-state index is 10.6. The Labute approximate surface area is 100 Å². The topological polar surface area (TPSA) is 106 Å². The number of nitrogens with zero attached hydrogens (tertiary/aromatic N) is 1. The van der Waals surface area contributed by atoms with Crippen molar-refractivity contribution in [1.29, 1.82) is 0 Å². The summed E-state index contributed by atoms with van der Waals surface area (Å²) in [7, 11) is 0. The maximum Gasteiger partial charge on any atom is 0.511 e. The third-order valence-electron chi connectivity index (χ3n) is 2.08. The van der Waals surface area contributed by atoms with Crippen LogP contribution in [0.4, 0.5) is 9.59 Å². The molecule has 1 aromatic heterocycles. The molecule has 2 N–H and O–H groups in total. The summed E-state index contributed by atoms with van der Waals surface area (Å²) in [6.45, 7) is 0. The van der Waals surface area contributed by atoms with Crippen LogP contribution in [0.25, 0.3) is 10.9 Å². The van der Waals surface area contributed by atoms with Crippen LogP contribution in [0.2, 0.25) is 0 Å². The average Bonchev–Trinajstić information content (AvgIpc) is 2.31. The first kappa shape index (κ1) is 11.6. The van der Waals surface area contributed by atoms with E-state index in [1.807, 2.05) is 0 Å². The second kappa shape index (κ2) is 4.58. The van der Waals surface area contributed by atoms with E-state index in [1.54, 1.807) is 18.2 Å². The Morgan fingerprint density at radius 1 is 1.06 bits per heavy atom. The van der Waals surface area contributed by atoms with Gasteiger partial charge in [-0.1, -0.05) is 6.07 Å². The van der Waals surface area contributed by atoms with Crippen molar-refractivity contribution in [3.8, 4) is 11.5 Å². The molecule has 92 valence electrons. The summed E-state index contributed by atoms with van der Waals surface area (Å²) >= 11 is 0. The molecule has 0 radical (unpaired) electrons. The lowest BCUT2D eigenvalue weighted by atomic mass is 10.2. The number of carboxylic acid groups (broad SMARTS) is 2. The van der Waals surface area contributed by atoms with E-state index in [4.69, 9.17) is 10.2 Å². The van der Waals surface area contributed by atoms with E-state index in [1.165, 1.54) is 12.3 Å². The lowest BCUT2D eigenvalue weighted by Crippen LogP contribution is -2.09. The highest BCUT2D eigenvalue weighted by atomic mass is 16.7. The number of hydrogen-bond acceptors (Lipinski definition) is 5. The molecule has 0 aliphatic rings. The number of benzene rings is 1. The molecule has 0 unspecified atom stereocenters. The lowest BCUT2D eigenvalue weighted by Gasteiger charge is -2.08. The maximum atomic E-state index is 10.6. The standard InChI is InChI=1S/C11H7NO6/c13-10(14)17-7-4-3-6-2-1-5-12-8(6)9(7)18-11(15)16/h1-5H,(H,13,14)(H,15,16). The van der Waals surface area contributed by atoms with Crippen LogP contribution < -0.4 is 9.47 Å². The smallest absolute Gasteiger partial charge is 0.449 e. The first-order chi connectivity index (χ1) is 8.58. The van der Waals surface area contributed by atoms with Crippen LogP contribution in [-0.2, 0) is 0 Å². The Morgan fingerprint density at radius 3 is 2.44 bits per heavy atom. The van der Waals surface area contributed by atoms with Crippen LogP contribution in [-0.4, -0.2) is 27.5 Å². The monoisotopic (exact) mass is 249 g/mol. The summed E-state index contributed by atoms with van der Waals surface area (Å²) in [6.07, 6.45) is -1.72. The largest absolute Gasteiger partial charge is 0.511 e. The Kier molecular flexibility index (Phi) is 2.96. The lowest BCUT2D eigenvalue weighted by molar-refractivity contribution is 0.133. The summed E-state index contributed by atoms with van der Waals surface area (Å²) in [5.41, 5.74) is 0.207. The van der Waals surface area contributed by atoms with Crippen LogP contribution in [0.1, 0.15) is 0 Å². The third kappa shape index (κ3) is 2.29. The van der Waals surface area contributed by atoms with Crippen molar-refractivity contribution >= 4 is 23.2 Å². The Bertz CT molecular complexity index is 624. The van der Waals surface area contributed by atoms with Crippen LogP contribution >= 0.6 is 0 Å². The van der Waals surface area contributed by atoms with E-state index in [0.717, 1.165) is 0 Å². The van der Waals surface area contributed by atoms with E-state index < -0.39 is 12.3 Å². The molecule has 0 spiro atoms. The summed E-state index contributed by atoms with van der Waals surface area (Å²) in [5.74, 6) is -0.473. The van der Waals surface area contributed by atoms with Crippen molar-refractivity contribution in [2.75, 3.05) is 0 Å². The van der Waals surface area contributed by atoms with Gasteiger partial charge in [-0.15, -0.1) is 0 Å². The molecule has 0 amide bonds. The quantitative estimate of drug-likeness (QED) is 0.621. The Hall–Kier alpha value is -2.83. The third-order valence-corrected chi connectivity index (χ3v) is 2.08. The van der Waals surface area contributed by atoms with Gasteiger partial charge in [0, 0.05) is 11.6 Å². The summed E-state index contributed by atoms with van der Waals surface area (Å²) in [5, 5.41) is 17.8. The Morgan fingerprint density at radius 2 is 1.78 bits per heavy atom. The van der Waals surface area contributed by atoms with Crippen molar-refractivity contribution in [1.82, 2.24) is 4.98 Å². The molecule has 0 aliphatic carbocycles. The van der Waals surface area contributed by atoms with Gasteiger partial charge in [-0.3, -0.25) is 4.98 Å². The van der Waals surface area contributed by atoms with Crippen LogP contribution in [0.5, 0.6) is 11.5 Å². The van der Waals surface area contributed by atoms with Gasteiger partial charge in [0.05, 0.1) is 0 Å². The summed E-state index contributed by atoms with van der Waals surface area (Å²) < 4.78 is 8.97. The van der Waals surface area contributed by atoms with E-state index in [0.29, 0.717) is 5.39 Å². The SMILES string of the molecule is O=C(O)Oc1ccc2cccnc2c1OC(=O)O. The molecule has 7 nitrogen and oxygen atoms in total. The van der Waals surface area contributed by atoms with Crippen molar-refractivity contribution in [3.63, 3.8) is 0 Å². The number of hydrogen-bond donors (Lipinski definition) is 2. The fourth-order valence-corrected chi connectivity index (χ4v) is 1.46. The molecule has 2 rings (SSSR count). The minimum Gasteiger partial charge on any atom is -0.449 e. The average molecular weight is 249 g/mol. The number of aromatic nitrogens is 1. The van der Waals surface area contributed by atoms with Crippen molar-refractivity contribution in [2.45, 2.75) is 0 Å². The zero-order valence-corrected chi connectivity index (χ0v) is 8.86. The van der Waals surface area contributed by atoms with Gasteiger partial charge < -0.3 is 19.7 Å². The fourth-order valence-electron chi connectivity index (χ4n) is 1.46. The summed E-state index contributed by atoms with van der Waals surface area (Å²) in [4.78, 5) is 25.0. The molecule has 2 aromatic rings. The van der Waals surface area contributed by atoms with Gasteiger partial charge >= 0.3 is 12.3 Å². The first-order valence-electron chi connectivity index (χ1n) is 4.77. The molecule has 0 saturated heterocycles. The van der Waals surface area contributed by atoms with Gasteiger partial charge in [-0.25, -0.2) is 9.59 Å². The number of pyridine rings is 1. The van der Waals surface area contributed by atoms with Crippen LogP contribution in [0.15, 0.2) is 30.5 Å². The highest BCUT2D eigenvalue weighted by molar-refractivity contribution is 5.89. The predicted octanol–water partition coefficient (Wildman–Crippen LogP) is 2.35. The highest BCUT2D eigenvalue weighted by Gasteiger charge is 2.17. The molecule has 0 atom stereocenters. The number of carbonyl (C=O) groups is 2. The summed E-state index contributed by atoms with van der Waals surface area (Å²) in [6, 6.07) is 6.19. The van der Waals surface area contributed by atoms with Gasteiger partial charge in [0.2, 0.25) is 5.75 Å². The molecule has 18 heavy (non-hydrogen) atoms. The molecule has 7 heteroatoms. The molecular formula is C11H7NO6. The normalized spacial score (nSPS) is 10.0. The van der Waals surface area contributed by atoms with Gasteiger partial charge in [-0.05, 0) is 18.2 Å². The van der Waals surface area contributed by atoms with E-state index in [9.17, 15) is 9.59 Å². The zero-order chi connectivity index (χ0) is 13.1.